The normalized spacial score (nSPS) is 15.5. The van der Waals surface area contributed by atoms with Gasteiger partial charge >= 0.3 is 0 Å². The standard InChI is InChI=1S/C21H31N5O2/c1-25(2)14-9-13-22-20(27)18-17-12-7-8-15-26(17)19(24-18)21(28)23-16-10-5-3-4-6-11-16/h7-8,12,15-16H,3-6,9-11,13-14H2,1-2H3,(H,22,27)(H,23,28). The third-order valence-electron chi connectivity index (χ3n) is 5.22. The molecule has 0 saturated heterocycles. The van der Waals surface area contributed by atoms with E-state index in [0.717, 1.165) is 38.6 Å². The van der Waals surface area contributed by atoms with Gasteiger partial charge in [-0.05, 0) is 52.0 Å². The minimum Gasteiger partial charge on any atom is -0.351 e. The molecule has 2 amide bonds. The lowest BCUT2D eigenvalue weighted by atomic mass is 10.1. The van der Waals surface area contributed by atoms with Crippen molar-refractivity contribution in [1.29, 1.82) is 0 Å². The van der Waals surface area contributed by atoms with Crippen LogP contribution in [0.15, 0.2) is 24.4 Å². The van der Waals surface area contributed by atoms with Crippen LogP contribution >= 0.6 is 0 Å². The Morgan fingerprint density at radius 3 is 2.61 bits per heavy atom. The number of aromatic nitrogens is 2. The van der Waals surface area contributed by atoms with Crippen molar-refractivity contribution in [2.24, 2.45) is 0 Å². The quantitative estimate of drug-likeness (QED) is 0.567. The van der Waals surface area contributed by atoms with Crippen LogP contribution < -0.4 is 10.6 Å². The van der Waals surface area contributed by atoms with E-state index in [1.165, 1.54) is 12.8 Å². The van der Waals surface area contributed by atoms with Crippen LogP contribution in [0, 0.1) is 0 Å². The molecule has 152 valence electrons. The number of rotatable bonds is 7. The molecular formula is C21H31N5O2. The van der Waals surface area contributed by atoms with Crippen LogP contribution in [0.25, 0.3) is 5.52 Å². The van der Waals surface area contributed by atoms with Crippen molar-refractivity contribution in [3.8, 4) is 0 Å². The Kier molecular flexibility index (Phi) is 7.03. The Morgan fingerprint density at radius 2 is 1.89 bits per heavy atom. The van der Waals surface area contributed by atoms with Gasteiger partial charge in [0.25, 0.3) is 11.8 Å². The summed E-state index contributed by atoms with van der Waals surface area (Å²) < 4.78 is 1.71. The number of pyridine rings is 1. The van der Waals surface area contributed by atoms with E-state index in [2.05, 4.69) is 20.5 Å². The second-order valence-electron chi connectivity index (χ2n) is 7.81. The second-order valence-corrected chi connectivity index (χ2v) is 7.81. The topological polar surface area (TPSA) is 78.7 Å². The number of nitrogens with zero attached hydrogens (tertiary/aromatic N) is 3. The summed E-state index contributed by atoms with van der Waals surface area (Å²) in [6.45, 7) is 1.48. The highest BCUT2D eigenvalue weighted by Crippen LogP contribution is 2.18. The van der Waals surface area contributed by atoms with E-state index in [4.69, 9.17) is 0 Å². The predicted octanol–water partition coefficient (Wildman–Crippen LogP) is 2.47. The molecule has 7 heteroatoms. The first-order chi connectivity index (χ1) is 13.6. The molecule has 2 heterocycles. The van der Waals surface area contributed by atoms with Crippen LogP contribution in [0.4, 0.5) is 0 Å². The number of amides is 2. The number of nitrogens with one attached hydrogen (secondary N) is 2. The molecule has 0 bridgehead atoms. The molecule has 28 heavy (non-hydrogen) atoms. The fraction of sp³-hybridized carbons (Fsp3) is 0.571. The van der Waals surface area contributed by atoms with Crippen LogP contribution in [0.1, 0.15) is 66.1 Å². The first-order valence-corrected chi connectivity index (χ1v) is 10.3. The molecule has 0 spiro atoms. The maximum atomic E-state index is 12.9. The van der Waals surface area contributed by atoms with Gasteiger partial charge in [0, 0.05) is 18.8 Å². The van der Waals surface area contributed by atoms with Crippen LogP contribution in [0.2, 0.25) is 0 Å². The summed E-state index contributed by atoms with van der Waals surface area (Å²) >= 11 is 0. The smallest absolute Gasteiger partial charge is 0.287 e. The predicted molar refractivity (Wildman–Crippen MR) is 110 cm³/mol. The summed E-state index contributed by atoms with van der Waals surface area (Å²) in [5.74, 6) is -0.172. The molecule has 1 saturated carbocycles. The molecule has 0 atom stereocenters. The van der Waals surface area contributed by atoms with Gasteiger partial charge in [-0.15, -0.1) is 0 Å². The van der Waals surface area contributed by atoms with E-state index in [1.807, 2.05) is 32.3 Å². The van der Waals surface area contributed by atoms with Gasteiger partial charge in [-0.2, -0.15) is 0 Å². The molecule has 1 aliphatic carbocycles. The van der Waals surface area contributed by atoms with Gasteiger partial charge in [0.05, 0.1) is 5.52 Å². The molecule has 0 aromatic carbocycles. The Labute approximate surface area is 166 Å². The highest BCUT2D eigenvalue weighted by molar-refractivity contribution is 6.02. The monoisotopic (exact) mass is 385 g/mol. The fourth-order valence-electron chi connectivity index (χ4n) is 3.72. The van der Waals surface area contributed by atoms with E-state index >= 15 is 0 Å². The Hall–Kier alpha value is -2.41. The summed E-state index contributed by atoms with van der Waals surface area (Å²) in [6, 6.07) is 5.71. The van der Waals surface area contributed by atoms with Gasteiger partial charge in [-0.25, -0.2) is 4.98 Å². The van der Waals surface area contributed by atoms with Crippen LogP contribution in [-0.2, 0) is 0 Å². The van der Waals surface area contributed by atoms with E-state index in [-0.39, 0.29) is 23.7 Å². The first kappa shape index (κ1) is 20.3. The lowest BCUT2D eigenvalue weighted by molar-refractivity contribution is 0.0922. The zero-order chi connectivity index (χ0) is 19.9. The van der Waals surface area contributed by atoms with Crippen LogP contribution in [0.5, 0.6) is 0 Å². The highest BCUT2D eigenvalue weighted by Gasteiger charge is 2.23. The van der Waals surface area contributed by atoms with Crippen LogP contribution in [-0.4, -0.2) is 59.3 Å². The molecule has 3 rings (SSSR count). The number of carbonyl (C=O) groups excluding carboxylic acids is 2. The molecule has 2 N–H and O–H groups in total. The van der Waals surface area contributed by atoms with Gasteiger partial charge in [0.2, 0.25) is 5.82 Å². The summed E-state index contributed by atoms with van der Waals surface area (Å²) in [6.07, 6.45) is 9.42. The highest BCUT2D eigenvalue weighted by atomic mass is 16.2. The molecule has 1 fully saturated rings. The molecule has 2 aromatic rings. The van der Waals surface area contributed by atoms with E-state index in [9.17, 15) is 9.59 Å². The van der Waals surface area contributed by atoms with E-state index in [0.29, 0.717) is 17.8 Å². The van der Waals surface area contributed by atoms with Crippen molar-refractivity contribution >= 4 is 17.3 Å². The lowest BCUT2D eigenvalue weighted by Crippen LogP contribution is -2.35. The van der Waals surface area contributed by atoms with Crippen molar-refractivity contribution in [3.63, 3.8) is 0 Å². The maximum absolute atomic E-state index is 12.9. The van der Waals surface area contributed by atoms with Gasteiger partial charge in [-0.1, -0.05) is 31.7 Å². The van der Waals surface area contributed by atoms with Gasteiger partial charge in [0.1, 0.15) is 0 Å². The van der Waals surface area contributed by atoms with Gasteiger partial charge in [0.15, 0.2) is 5.69 Å². The minimum absolute atomic E-state index is 0.189. The van der Waals surface area contributed by atoms with Crippen molar-refractivity contribution in [3.05, 3.63) is 35.9 Å². The molecular weight excluding hydrogens is 354 g/mol. The Bertz CT molecular complexity index is 806. The molecule has 0 radical (unpaired) electrons. The molecule has 0 aliphatic heterocycles. The van der Waals surface area contributed by atoms with Crippen molar-refractivity contribution in [1.82, 2.24) is 24.9 Å². The number of hydrogen-bond acceptors (Lipinski definition) is 4. The zero-order valence-electron chi connectivity index (χ0n) is 16.9. The Balaban J connectivity index is 1.74. The number of carbonyl (C=O) groups is 2. The fourth-order valence-corrected chi connectivity index (χ4v) is 3.72. The molecule has 0 unspecified atom stereocenters. The summed E-state index contributed by atoms with van der Waals surface area (Å²) in [7, 11) is 4.01. The summed E-state index contributed by atoms with van der Waals surface area (Å²) in [4.78, 5) is 32.0. The lowest BCUT2D eigenvalue weighted by Gasteiger charge is -2.15. The van der Waals surface area contributed by atoms with Crippen molar-refractivity contribution < 1.29 is 9.59 Å². The second kappa shape index (κ2) is 9.68. The third kappa shape index (κ3) is 5.10. The minimum atomic E-state index is -0.240. The van der Waals surface area contributed by atoms with E-state index in [1.54, 1.807) is 10.6 Å². The van der Waals surface area contributed by atoms with Crippen molar-refractivity contribution in [2.45, 2.75) is 51.0 Å². The summed E-state index contributed by atoms with van der Waals surface area (Å²) in [5, 5.41) is 6.04. The molecule has 7 nitrogen and oxygen atoms in total. The average molecular weight is 386 g/mol. The number of hydrogen-bond donors (Lipinski definition) is 2. The third-order valence-corrected chi connectivity index (χ3v) is 5.22. The number of fused-ring (bicyclic) bond motifs is 1. The SMILES string of the molecule is CN(C)CCCNC(=O)c1nc(C(=O)NC2CCCCCC2)n2ccccc12. The number of imidazole rings is 1. The van der Waals surface area contributed by atoms with Gasteiger partial charge in [-0.3, -0.25) is 14.0 Å². The first-order valence-electron chi connectivity index (χ1n) is 10.3. The molecule has 1 aliphatic rings. The molecule has 2 aromatic heterocycles. The van der Waals surface area contributed by atoms with E-state index < -0.39 is 0 Å². The average Bonchev–Trinajstić information content (AvgIpc) is 2.88. The van der Waals surface area contributed by atoms with Crippen molar-refractivity contribution in [2.75, 3.05) is 27.2 Å². The Morgan fingerprint density at radius 1 is 1.14 bits per heavy atom. The largest absolute Gasteiger partial charge is 0.351 e. The van der Waals surface area contributed by atoms with Gasteiger partial charge < -0.3 is 15.5 Å². The zero-order valence-corrected chi connectivity index (χ0v) is 16.9. The maximum Gasteiger partial charge on any atom is 0.287 e. The van der Waals surface area contributed by atoms with Crippen LogP contribution in [0.3, 0.4) is 0 Å². The summed E-state index contributed by atoms with van der Waals surface area (Å²) in [5.41, 5.74) is 0.954.